The summed E-state index contributed by atoms with van der Waals surface area (Å²) in [6.07, 6.45) is 7.96. The standard InChI is InChI=1S/C30H37O2P/c1-3-24-31-30(32-25-4-2)23-15-8-16-26-33(27-17-9-5-10-18-27,28-19-11-6-12-20-28)29-21-13-7-14-22-29/h5-7,9-15,17-23,26,30H,3-4,8,16,24-25H2,1-2H3/b23-15-. The Kier molecular flexibility index (Phi) is 10.7. The molecule has 0 N–H and O–H groups in total. The molecule has 3 rings (SSSR count). The van der Waals surface area contributed by atoms with Crippen LogP contribution in [-0.4, -0.2) is 25.3 Å². The first kappa shape index (κ1) is 25.2. The van der Waals surface area contributed by atoms with E-state index in [4.69, 9.17) is 9.47 Å². The van der Waals surface area contributed by atoms with E-state index in [2.05, 4.69) is 123 Å². The third-order valence-electron chi connectivity index (χ3n) is 5.49. The molecule has 0 amide bonds. The average molecular weight is 461 g/mol. The molecule has 0 aliphatic rings. The van der Waals surface area contributed by atoms with E-state index in [1.807, 2.05) is 0 Å². The Hall–Kier alpha value is -2.38. The highest BCUT2D eigenvalue weighted by Gasteiger charge is 2.24. The summed E-state index contributed by atoms with van der Waals surface area (Å²) >= 11 is 0. The molecule has 3 aromatic rings. The topological polar surface area (TPSA) is 18.5 Å². The maximum absolute atomic E-state index is 5.84. The Bertz CT molecular complexity index is 886. The van der Waals surface area contributed by atoms with Gasteiger partial charge in [0.1, 0.15) is 0 Å². The molecular formula is C30H37O2P. The molecule has 2 nitrogen and oxygen atoms in total. The van der Waals surface area contributed by atoms with E-state index < -0.39 is 6.89 Å². The zero-order valence-electron chi connectivity index (χ0n) is 20.0. The predicted molar refractivity (Wildman–Crippen MR) is 146 cm³/mol. The van der Waals surface area contributed by atoms with Crippen molar-refractivity contribution in [2.45, 2.75) is 45.8 Å². The van der Waals surface area contributed by atoms with Crippen LogP contribution in [0.4, 0.5) is 0 Å². The number of allylic oxidation sites excluding steroid dienone is 1. The number of unbranched alkanes of at least 4 members (excludes halogenated alkanes) is 1. The Morgan fingerprint density at radius 2 is 1.06 bits per heavy atom. The van der Waals surface area contributed by atoms with Crippen LogP contribution in [0.3, 0.4) is 0 Å². The summed E-state index contributed by atoms with van der Waals surface area (Å²) in [6, 6.07) is 33.0. The van der Waals surface area contributed by atoms with Gasteiger partial charge in [0.2, 0.25) is 0 Å². The Morgan fingerprint density at radius 3 is 1.45 bits per heavy atom. The van der Waals surface area contributed by atoms with Crippen LogP contribution in [0.25, 0.3) is 0 Å². The molecule has 0 aliphatic carbocycles. The summed E-state index contributed by atoms with van der Waals surface area (Å²) in [7, 11) is 0. The molecule has 0 aliphatic heterocycles. The first-order valence-electron chi connectivity index (χ1n) is 12.1. The van der Waals surface area contributed by atoms with Crippen LogP contribution in [0.5, 0.6) is 0 Å². The Morgan fingerprint density at radius 1 is 0.636 bits per heavy atom. The van der Waals surface area contributed by atoms with Crippen LogP contribution >= 0.6 is 6.89 Å². The lowest BCUT2D eigenvalue weighted by Crippen LogP contribution is -2.26. The van der Waals surface area contributed by atoms with Crippen LogP contribution in [0, 0.1) is 0 Å². The third kappa shape index (κ3) is 7.05. The van der Waals surface area contributed by atoms with Gasteiger partial charge in [0.15, 0.2) is 6.29 Å². The number of hydrogen-bond donors (Lipinski definition) is 0. The summed E-state index contributed by atoms with van der Waals surface area (Å²) < 4.78 is 11.7. The van der Waals surface area contributed by atoms with Gasteiger partial charge < -0.3 is 9.47 Å². The van der Waals surface area contributed by atoms with Crippen LogP contribution in [0.1, 0.15) is 39.5 Å². The van der Waals surface area contributed by atoms with Gasteiger partial charge in [-0.2, -0.15) is 0 Å². The minimum Gasteiger partial charge on any atom is -0.349 e. The van der Waals surface area contributed by atoms with Gasteiger partial charge in [0, 0.05) is 13.2 Å². The van der Waals surface area contributed by atoms with E-state index in [9.17, 15) is 0 Å². The van der Waals surface area contributed by atoms with Crippen molar-refractivity contribution in [3.05, 3.63) is 103 Å². The van der Waals surface area contributed by atoms with E-state index in [1.54, 1.807) is 0 Å². The minimum atomic E-state index is -1.87. The second kappa shape index (κ2) is 14.0. The SMILES string of the molecule is CCCOC(/C=C\CCC=P(c1ccccc1)(c1ccccc1)c1ccccc1)OCCC. The van der Waals surface area contributed by atoms with E-state index in [0.29, 0.717) is 0 Å². The fraction of sp³-hybridized carbons (Fsp3) is 0.300. The smallest absolute Gasteiger partial charge is 0.176 e. The van der Waals surface area contributed by atoms with Gasteiger partial charge in [-0.05, 0) is 54.6 Å². The molecule has 0 unspecified atom stereocenters. The van der Waals surface area contributed by atoms with Crippen LogP contribution in [0.15, 0.2) is 103 Å². The number of benzene rings is 3. The van der Waals surface area contributed by atoms with Gasteiger partial charge >= 0.3 is 0 Å². The summed E-state index contributed by atoms with van der Waals surface area (Å²) in [4.78, 5) is 0. The molecule has 174 valence electrons. The van der Waals surface area contributed by atoms with Crippen LogP contribution in [0.2, 0.25) is 0 Å². The lowest BCUT2D eigenvalue weighted by Gasteiger charge is -2.29. The quantitative estimate of drug-likeness (QED) is 0.129. The Labute approximate surface area is 200 Å². The van der Waals surface area contributed by atoms with E-state index in [0.717, 1.165) is 38.9 Å². The molecule has 0 radical (unpaired) electrons. The van der Waals surface area contributed by atoms with Gasteiger partial charge in [0.25, 0.3) is 0 Å². The largest absolute Gasteiger partial charge is 0.349 e. The van der Waals surface area contributed by atoms with Crippen molar-refractivity contribution in [1.29, 1.82) is 0 Å². The molecule has 3 heteroatoms. The van der Waals surface area contributed by atoms with Crippen molar-refractivity contribution in [2.24, 2.45) is 0 Å². The second-order valence-corrected chi connectivity index (χ2v) is 11.4. The molecule has 0 spiro atoms. The van der Waals surface area contributed by atoms with Crippen molar-refractivity contribution in [2.75, 3.05) is 13.2 Å². The maximum atomic E-state index is 5.84. The van der Waals surface area contributed by atoms with Crippen molar-refractivity contribution < 1.29 is 9.47 Å². The fourth-order valence-corrected chi connectivity index (χ4v) is 7.94. The molecule has 0 saturated heterocycles. The van der Waals surface area contributed by atoms with Gasteiger partial charge in [-0.15, -0.1) is 0 Å². The highest BCUT2D eigenvalue weighted by molar-refractivity contribution is 7.94. The van der Waals surface area contributed by atoms with E-state index in [-0.39, 0.29) is 6.29 Å². The predicted octanol–water partition coefficient (Wildman–Crippen LogP) is 6.30. The molecular weight excluding hydrogens is 423 g/mol. The normalized spacial score (nSPS) is 11.8. The molecule has 0 heterocycles. The molecule has 3 aromatic carbocycles. The van der Waals surface area contributed by atoms with Crippen molar-refractivity contribution in [3.63, 3.8) is 0 Å². The fourth-order valence-electron chi connectivity index (χ4n) is 3.95. The monoisotopic (exact) mass is 460 g/mol. The van der Waals surface area contributed by atoms with Crippen molar-refractivity contribution >= 4 is 28.6 Å². The summed E-state index contributed by atoms with van der Waals surface area (Å²) in [5.41, 5.74) is 0. The molecule has 0 aromatic heterocycles. The van der Waals surface area contributed by atoms with Crippen LogP contribution < -0.4 is 15.9 Å². The lowest BCUT2D eigenvalue weighted by atomic mass is 10.3. The summed E-state index contributed by atoms with van der Waals surface area (Å²) in [6.45, 7) is 3.80. The zero-order chi connectivity index (χ0) is 23.2. The van der Waals surface area contributed by atoms with Crippen molar-refractivity contribution in [1.82, 2.24) is 0 Å². The highest BCUT2D eigenvalue weighted by atomic mass is 31.2. The molecule has 0 fully saturated rings. The number of rotatable bonds is 13. The summed E-state index contributed by atoms with van der Waals surface area (Å²) in [5.74, 6) is 2.58. The first-order valence-corrected chi connectivity index (χ1v) is 14.0. The number of hydrogen-bond acceptors (Lipinski definition) is 2. The zero-order valence-corrected chi connectivity index (χ0v) is 20.9. The van der Waals surface area contributed by atoms with Gasteiger partial charge in [0.05, 0.1) is 0 Å². The van der Waals surface area contributed by atoms with E-state index in [1.165, 1.54) is 15.9 Å². The van der Waals surface area contributed by atoms with Crippen molar-refractivity contribution in [3.8, 4) is 0 Å². The van der Waals surface area contributed by atoms with Gasteiger partial charge in [-0.25, -0.2) is 0 Å². The Balaban J connectivity index is 1.93. The average Bonchev–Trinajstić information content (AvgIpc) is 2.89. The van der Waals surface area contributed by atoms with Gasteiger partial charge in [-0.1, -0.05) is 117 Å². The number of ether oxygens (including phenoxy) is 2. The summed E-state index contributed by atoms with van der Waals surface area (Å²) in [5, 5.41) is 4.17. The molecule has 0 bridgehead atoms. The maximum Gasteiger partial charge on any atom is 0.176 e. The highest BCUT2D eigenvalue weighted by Crippen LogP contribution is 2.44. The van der Waals surface area contributed by atoms with Gasteiger partial charge in [-0.3, -0.25) is 0 Å². The molecule has 0 saturated carbocycles. The molecule has 33 heavy (non-hydrogen) atoms. The lowest BCUT2D eigenvalue weighted by molar-refractivity contribution is -0.111. The van der Waals surface area contributed by atoms with E-state index >= 15 is 0 Å². The second-order valence-electron chi connectivity index (χ2n) is 8.03. The molecule has 0 atom stereocenters. The van der Waals surface area contributed by atoms with Crippen LogP contribution in [-0.2, 0) is 9.47 Å². The first-order chi connectivity index (χ1) is 16.3. The minimum absolute atomic E-state index is 0.248. The third-order valence-corrected chi connectivity index (χ3v) is 9.64.